The average molecular weight is 319 g/mol. The van der Waals surface area contributed by atoms with Crippen LogP contribution >= 0.6 is 0 Å². The third-order valence-electron chi connectivity index (χ3n) is 3.89. The minimum atomic E-state index is -4.42. The quantitative estimate of drug-likeness (QED) is 0.856. The van der Waals surface area contributed by atoms with E-state index in [-0.39, 0.29) is 17.9 Å². The molecule has 5 nitrogen and oxygen atoms in total. The second-order valence-corrected chi connectivity index (χ2v) is 5.59. The van der Waals surface area contributed by atoms with Gasteiger partial charge in [0.2, 0.25) is 5.91 Å². The minimum Gasteiger partial charge on any atom is -0.384 e. The Morgan fingerprint density at radius 3 is 2.59 bits per heavy atom. The number of piperidine rings is 1. The monoisotopic (exact) mass is 319 g/mol. The van der Waals surface area contributed by atoms with E-state index in [4.69, 9.17) is 4.74 Å². The van der Waals surface area contributed by atoms with E-state index in [0.717, 1.165) is 6.07 Å². The van der Waals surface area contributed by atoms with E-state index in [9.17, 15) is 18.0 Å². The fraction of sp³-hybridized carbons (Fsp3) is 0.714. The summed E-state index contributed by atoms with van der Waals surface area (Å²) in [5.74, 6) is -0.181. The number of methoxy groups -OCH3 is 1. The molecule has 0 unspecified atom stereocenters. The number of rotatable bonds is 4. The standard InChI is InChI=1S/C14H20F3N3O2/c1-10(9-22-2)13(21)19-6-3-11(4-7-19)20-8-5-12(18-20)14(15,16)17/h5,8,10-11H,3-4,6-7,9H2,1-2H3/t10-/m0/s1. The molecular formula is C14H20F3N3O2. The normalized spacial score (nSPS) is 18.5. The lowest BCUT2D eigenvalue weighted by atomic mass is 10.0. The summed E-state index contributed by atoms with van der Waals surface area (Å²) in [6, 6.07) is 0.885. The molecule has 0 spiro atoms. The highest BCUT2D eigenvalue weighted by Crippen LogP contribution is 2.29. The fourth-order valence-corrected chi connectivity index (χ4v) is 2.68. The fourth-order valence-electron chi connectivity index (χ4n) is 2.68. The maximum Gasteiger partial charge on any atom is 0.435 e. The van der Waals surface area contributed by atoms with E-state index in [1.54, 1.807) is 18.9 Å². The van der Waals surface area contributed by atoms with Crippen LogP contribution in [0.25, 0.3) is 0 Å². The van der Waals surface area contributed by atoms with Crippen LogP contribution in [0.1, 0.15) is 31.5 Å². The summed E-state index contributed by atoms with van der Waals surface area (Å²) in [6.07, 6.45) is -1.86. The molecule has 0 radical (unpaired) electrons. The molecule has 0 bridgehead atoms. The number of carbonyl (C=O) groups is 1. The van der Waals surface area contributed by atoms with Crippen molar-refractivity contribution in [2.24, 2.45) is 5.92 Å². The van der Waals surface area contributed by atoms with Crippen molar-refractivity contribution in [3.63, 3.8) is 0 Å². The second kappa shape index (κ2) is 6.68. The third-order valence-corrected chi connectivity index (χ3v) is 3.89. The van der Waals surface area contributed by atoms with Gasteiger partial charge in [0.15, 0.2) is 5.69 Å². The predicted molar refractivity (Wildman–Crippen MR) is 73.1 cm³/mol. The summed E-state index contributed by atoms with van der Waals surface area (Å²) in [5.41, 5.74) is -0.875. The van der Waals surface area contributed by atoms with Gasteiger partial charge in [0.1, 0.15) is 0 Å². The highest BCUT2D eigenvalue weighted by Gasteiger charge is 2.34. The molecule has 1 aromatic rings. The lowest BCUT2D eigenvalue weighted by molar-refractivity contribution is -0.141. The molecule has 1 aliphatic heterocycles. The molecule has 8 heteroatoms. The van der Waals surface area contributed by atoms with Gasteiger partial charge in [-0.05, 0) is 18.9 Å². The first-order chi connectivity index (χ1) is 10.3. The Labute approximate surface area is 127 Å². The summed E-state index contributed by atoms with van der Waals surface area (Å²) in [7, 11) is 1.55. The zero-order valence-electron chi connectivity index (χ0n) is 12.6. The zero-order valence-corrected chi connectivity index (χ0v) is 12.6. The van der Waals surface area contributed by atoms with E-state index in [1.807, 2.05) is 0 Å². The first kappa shape index (κ1) is 16.8. The lowest BCUT2D eigenvalue weighted by Crippen LogP contribution is -2.42. The Morgan fingerprint density at radius 1 is 1.45 bits per heavy atom. The molecule has 1 saturated heterocycles. The molecule has 1 aromatic heterocycles. The van der Waals surface area contributed by atoms with E-state index in [1.165, 1.54) is 10.9 Å². The van der Waals surface area contributed by atoms with Gasteiger partial charge in [-0.2, -0.15) is 18.3 Å². The topological polar surface area (TPSA) is 47.4 Å². The van der Waals surface area contributed by atoms with Crippen LogP contribution in [-0.2, 0) is 15.7 Å². The summed E-state index contributed by atoms with van der Waals surface area (Å²) < 4.78 is 44.0. The number of likely N-dealkylation sites (tertiary alicyclic amines) is 1. The molecule has 0 aromatic carbocycles. The summed E-state index contributed by atoms with van der Waals surface area (Å²) >= 11 is 0. The summed E-state index contributed by atoms with van der Waals surface area (Å²) in [4.78, 5) is 13.9. The van der Waals surface area contributed by atoms with Crippen LogP contribution in [-0.4, -0.2) is 47.4 Å². The van der Waals surface area contributed by atoms with Crippen molar-refractivity contribution in [3.05, 3.63) is 18.0 Å². The maximum absolute atomic E-state index is 12.6. The zero-order chi connectivity index (χ0) is 16.3. The second-order valence-electron chi connectivity index (χ2n) is 5.59. The van der Waals surface area contributed by atoms with Crippen molar-refractivity contribution in [2.75, 3.05) is 26.8 Å². The van der Waals surface area contributed by atoms with Crippen LogP contribution in [0.5, 0.6) is 0 Å². The van der Waals surface area contributed by atoms with Gasteiger partial charge in [-0.1, -0.05) is 6.92 Å². The first-order valence-corrected chi connectivity index (χ1v) is 7.23. The predicted octanol–water partition coefficient (Wildman–Crippen LogP) is 2.35. The molecule has 0 aliphatic carbocycles. The van der Waals surface area contributed by atoms with Gasteiger partial charge < -0.3 is 9.64 Å². The Kier molecular flexibility index (Phi) is 5.10. The molecule has 1 atom stereocenters. The van der Waals surface area contributed by atoms with Crippen molar-refractivity contribution in [1.82, 2.24) is 14.7 Å². The molecule has 1 aliphatic rings. The lowest BCUT2D eigenvalue weighted by Gasteiger charge is -2.33. The molecule has 2 rings (SSSR count). The first-order valence-electron chi connectivity index (χ1n) is 7.23. The SMILES string of the molecule is COC[C@H](C)C(=O)N1CCC(n2ccc(C(F)(F)F)n2)CC1. The molecule has 2 heterocycles. The van der Waals surface area contributed by atoms with Gasteiger partial charge in [-0.3, -0.25) is 9.48 Å². The van der Waals surface area contributed by atoms with Crippen molar-refractivity contribution >= 4 is 5.91 Å². The number of hydrogen-bond acceptors (Lipinski definition) is 3. The van der Waals surface area contributed by atoms with Crippen LogP contribution in [0.4, 0.5) is 13.2 Å². The molecule has 1 fully saturated rings. The average Bonchev–Trinajstić information content (AvgIpc) is 2.97. The van der Waals surface area contributed by atoms with Gasteiger partial charge in [-0.25, -0.2) is 0 Å². The Hall–Kier alpha value is -1.57. The van der Waals surface area contributed by atoms with Crippen LogP contribution in [0.3, 0.4) is 0 Å². The van der Waals surface area contributed by atoms with Gasteiger partial charge in [0.25, 0.3) is 0 Å². The highest BCUT2D eigenvalue weighted by atomic mass is 19.4. The number of aromatic nitrogens is 2. The Bertz CT molecular complexity index is 508. The van der Waals surface area contributed by atoms with E-state index < -0.39 is 11.9 Å². The minimum absolute atomic E-state index is 0.0248. The maximum atomic E-state index is 12.6. The summed E-state index contributed by atoms with van der Waals surface area (Å²) in [6.45, 7) is 3.23. The van der Waals surface area contributed by atoms with Gasteiger partial charge in [-0.15, -0.1) is 0 Å². The van der Waals surface area contributed by atoms with Crippen molar-refractivity contribution < 1.29 is 22.7 Å². The number of amides is 1. The molecule has 0 saturated carbocycles. The molecule has 0 N–H and O–H groups in total. The Balaban J connectivity index is 1.92. The summed E-state index contributed by atoms with van der Waals surface area (Å²) in [5, 5.41) is 3.61. The number of nitrogens with zero attached hydrogens (tertiary/aromatic N) is 3. The van der Waals surface area contributed by atoms with Gasteiger partial charge in [0.05, 0.1) is 18.6 Å². The molecule has 124 valence electrons. The Morgan fingerprint density at radius 2 is 2.09 bits per heavy atom. The van der Waals surface area contributed by atoms with E-state index >= 15 is 0 Å². The van der Waals surface area contributed by atoms with Crippen molar-refractivity contribution in [1.29, 1.82) is 0 Å². The molecule has 1 amide bonds. The van der Waals surface area contributed by atoms with Crippen molar-refractivity contribution in [2.45, 2.75) is 32.0 Å². The smallest absolute Gasteiger partial charge is 0.384 e. The number of halogens is 3. The van der Waals surface area contributed by atoms with Crippen molar-refractivity contribution in [3.8, 4) is 0 Å². The van der Waals surface area contributed by atoms with Gasteiger partial charge >= 0.3 is 6.18 Å². The highest BCUT2D eigenvalue weighted by molar-refractivity contribution is 5.78. The largest absolute Gasteiger partial charge is 0.435 e. The number of hydrogen-bond donors (Lipinski definition) is 0. The van der Waals surface area contributed by atoms with Crippen LogP contribution in [0, 0.1) is 5.92 Å². The number of alkyl halides is 3. The van der Waals surface area contributed by atoms with Crippen LogP contribution in [0.2, 0.25) is 0 Å². The van der Waals surface area contributed by atoms with Crippen LogP contribution in [0.15, 0.2) is 12.3 Å². The van der Waals surface area contributed by atoms with E-state index in [2.05, 4.69) is 5.10 Å². The molecular weight excluding hydrogens is 299 g/mol. The molecule has 22 heavy (non-hydrogen) atoms. The van der Waals surface area contributed by atoms with E-state index in [0.29, 0.717) is 32.5 Å². The van der Waals surface area contributed by atoms with Crippen LogP contribution < -0.4 is 0 Å². The number of ether oxygens (including phenoxy) is 1. The van der Waals surface area contributed by atoms with Gasteiger partial charge in [0, 0.05) is 26.4 Å². The third kappa shape index (κ3) is 3.79. The number of carbonyl (C=O) groups excluding carboxylic acids is 1.